The van der Waals surface area contributed by atoms with Crippen LogP contribution in [0.1, 0.15) is 27.2 Å². The molecule has 0 radical (unpaired) electrons. The van der Waals surface area contributed by atoms with Gasteiger partial charge in [0.2, 0.25) is 0 Å². The Morgan fingerprint density at radius 3 is 2.58 bits per heavy atom. The first-order chi connectivity index (χ1) is 11.1. The molecule has 6 atom stereocenters. The lowest BCUT2D eigenvalue weighted by Crippen LogP contribution is -2.51. The molecular formula is C17H29BrFNO3S. The molecule has 140 valence electrons. The third-order valence-corrected chi connectivity index (χ3v) is 6.46. The Labute approximate surface area is 158 Å². The van der Waals surface area contributed by atoms with Gasteiger partial charge in [-0.2, -0.15) is 0 Å². The molecule has 24 heavy (non-hydrogen) atoms. The molecule has 2 aliphatic carbocycles. The Balaban J connectivity index is 2.12. The summed E-state index contributed by atoms with van der Waals surface area (Å²) in [4.78, 5) is 0. The standard InChI is InChI=1S/C17H29BrFNO3S/c1-16(2,3)23-10-14(22-5)20(24)13(9-21-4)15-11-8-17(11,18)7-6-12(15)19/h6-7,11-15,24H,8-10H2,1-5H3/t11-,12?,13+,14+,15+,17+/m0/s1. The predicted octanol–water partition coefficient (Wildman–Crippen LogP) is 3.61. The van der Waals surface area contributed by atoms with Crippen LogP contribution in [0.2, 0.25) is 0 Å². The van der Waals surface area contributed by atoms with Crippen LogP contribution in [-0.2, 0) is 14.2 Å². The first kappa shape index (κ1) is 20.6. The molecule has 0 heterocycles. The number of thiol groups is 1. The van der Waals surface area contributed by atoms with Crippen LogP contribution >= 0.6 is 28.7 Å². The van der Waals surface area contributed by atoms with Gasteiger partial charge in [0.15, 0.2) is 0 Å². The Bertz CT molecular complexity index is 462. The van der Waals surface area contributed by atoms with Gasteiger partial charge < -0.3 is 14.2 Å². The lowest BCUT2D eigenvalue weighted by Gasteiger charge is -2.40. The highest BCUT2D eigenvalue weighted by Crippen LogP contribution is 2.61. The molecule has 4 nitrogen and oxygen atoms in total. The maximum Gasteiger partial charge on any atom is 0.142 e. The minimum absolute atomic E-state index is 0.0641. The quantitative estimate of drug-likeness (QED) is 0.278. The smallest absolute Gasteiger partial charge is 0.142 e. The van der Waals surface area contributed by atoms with E-state index in [2.05, 4.69) is 28.7 Å². The first-order valence-electron chi connectivity index (χ1n) is 8.28. The number of nitrogens with zero attached hydrogens (tertiary/aromatic N) is 1. The molecule has 0 N–H and O–H groups in total. The molecule has 1 fully saturated rings. The third kappa shape index (κ3) is 4.74. The Kier molecular flexibility index (Phi) is 6.82. The summed E-state index contributed by atoms with van der Waals surface area (Å²) < 4.78 is 33.1. The van der Waals surface area contributed by atoms with E-state index in [0.717, 1.165) is 6.42 Å². The van der Waals surface area contributed by atoms with Crippen molar-refractivity contribution in [3.8, 4) is 0 Å². The monoisotopic (exact) mass is 425 g/mol. The van der Waals surface area contributed by atoms with Crippen LogP contribution in [-0.4, -0.2) is 60.1 Å². The van der Waals surface area contributed by atoms with Gasteiger partial charge in [-0.15, -0.1) is 0 Å². The second-order valence-electron chi connectivity index (χ2n) is 7.63. The summed E-state index contributed by atoms with van der Waals surface area (Å²) in [7, 11) is 3.24. The highest BCUT2D eigenvalue weighted by Gasteiger charge is 2.60. The largest absolute Gasteiger partial charge is 0.383 e. The summed E-state index contributed by atoms with van der Waals surface area (Å²) in [6.45, 7) is 6.71. The first-order valence-corrected chi connectivity index (χ1v) is 9.47. The summed E-state index contributed by atoms with van der Waals surface area (Å²) >= 11 is 8.36. The van der Waals surface area contributed by atoms with Gasteiger partial charge >= 0.3 is 0 Å². The molecule has 0 saturated heterocycles. The van der Waals surface area contributed by atoms with Crippen molar-refractivity contribution in [2.24, 2.45) is 11.8 Å². The molecule has 0 aliphatic heterocycles. The highest BCUT2D eigenvalue weighted by atomic mass is 79.9. The maximum absolute atomic E-state index is 14.7. The predicted molar refractivity (Wildman–Crippen MR) is 100 cm³/mol. The minimum atomic E-state index is -1.01. The molecule has 2 rings (SSSR count). The summed E-state index contributed by atoms with van der Waals surface area (Å²) in [5, 5.41) is 0. The van der Waals surface area contributed by atoms with Gasteiger partial charge in [-0.05, 0) is 33.1 Å². The fourth-order valence-corrected chi connectivity index (χ4v) is 4.52. The number of rotatable bonds is 8. The molecular weight excluding hydrogens is 397 g/mol. The van der Waals surface area contributed by atoms with Crippen LogP contribution in [0.3, 0.4) is 0 Å². The van der Waals surface area contributed by atoms with Crippen LogP contribution in [0.25, 0.3) is 0 Å². The van der Waals surface area contributed by atoms with Crippen molar-refractivity contribution in [2.45, 2.75) is 55.6 Å². The summed E-state index contributed by atoms with van der Waals surface area (Å²) in [6.07, 6.45) is 3.14. The van der Waals surface area contributed by atoms with Crippen molar-refractivity contribution in [2.75, 3.05) is 27.4 Å². The van der Waals surface area contributed by atoms with Crippen molar-refractivity contribution in [3.05, 3.63) is 12.2 Å². The number of allylic oxidation sites excluding steroid dienone is 2. The van der Waals surface area contributed by atoms with Gasteiger partial charge in [0, 0.05) is 24.5 Å². The highest BCUT2D eigenvalue weighted by molar-refractivity contribution is 9.10. The van der Waals surface area contributed by atoms with Crippen LogP contribution in [0.15, 0.2) is 12.2 Å². The number of ether oxygens (including phenoxy) is 3. The van der Waals surface area contributed by atoms with Crippen molar-refractivity contribution >= 4 is 28.7 Å². The van der Waals surface area contributed by atoms with Gasteiger partial charge in [0.25, 0.3) is 0 Å². The van der Waals surface area contributed by atoms with Crippen molar-refractivity contribution in [1.82, 2.24) is 4.31 Å². The van der Waals surface area contributed by atoms with Gasteiger partial charge in [0.05, 0.1) is 24.9 Å². The van der Waals surface area contributed by atoms with E-state index in [1.165, 1.54) is 0 Å². The molecule has 0 amide bonds. The number of methoxy groups -OCH3 is 2. The summed E-state index contributed by atoms with van der Waals surface area (Å²) in [5.74, 6) is 0.0486. The van der Waals surface area contributed by atoms with E-state index >= 15 is 0 Å². The molecule has 7 heteroatoms. The molecule has 0 aromatic heterocycles. The molecule has 1 unspecified atom stereocenters. The van der Waals surface area contributed by atoms with Gasteiger partial charge in [-0.3, -0.25) is 0 Å². The normalized spacial score (nSPS) is 35.0. The fourth-order valence-electron chi connectivity index (χ4n) is 3.33. The SMILES string of the molecule is COC[C@H]([C@H]1C(F)C=C[C@@]2(Br)C[C@@H]12)N(S)[C@@H](COC(C)(C)C)OC. The van der Waals surface area contributed by atoms with Crippen LogP contribution in [0.4, 0.5) is 4.39 Å². The average molecular weight is 426 g/mol. The van der Waals surface area contributed by atoms with E-state index in [0.29, 0.717) is 13.2 Å². The maximum atomic E-state index is 14.7. The third-order valence-electron chi connectivity index (χ3n) is 4.73. The lowest BCUT2D eigenvalue weighted by molar-refractivity contribution is -0.111. The second-order valence-corrected chi connectivity index (χ2v) is 9.57. The molecule has 0 aromatic rings. The van der Waals surface area contributed by atoms with E-state index < -0.39 is 6.17 Å². The number of halogens is 2. The van der Waals surface area contributed by atoms with Crippen molar-refractivity contribution < 1.29 is 18.6 Å². The van der Waals surface area contributed by atoms with E-state index in [1.54, 1.807) is 24.6 Å². The van der Waals surface area contributed by atoms with E-state index in [4.69, 9.17) is 14.2 Å². The summed E-state index contributed by atoms with van der Waals surface area (Å²) in [6, 6.07) is -0.212. The van der Waals surface area contributed by atoms with Crippen LogP contribution < -0.4 is 0 Å². The Morgan fingerprint density at radius 1 is 1.38 bits per heavy atom. The van der Waals surface area contributed by atoms with Crippen molar-refractivity contribution in [1.29, 1.82) is 0 Å². The number of alkyl halides is 2. The van der Waals surface area contributed by atoms with Gasteiger partial charge in [-0.1, -0.05) is 40.9 Å². The topological polar surface area (TPSA) is 30.9 Å². The molecule has 1 saturated carbocycles. The minimum Gasteiger partial charge on any atom is -0.383 e. The molecule has 0 bridgehead atoms. The van der Waals surface area contributed by atoms with Crippen molar-refractivity contribution in [3.63, 3.8) is 0 Å². The van der Waals surface area contributed by atoms with E-state index in [-0.39, 0.29) is 34.0 Å². The number of fused-ring (bicyclic) bond motifs is 1. The van der Waals surface area contributed by atoms with Gasteiger partial charge in [0.1, 0.15) is 12.4 Å². The molecule has 2 aliphatic rings. The molecule has 0 spiro atoms. The Morgan fingerprint density at radius 2 is 2.04 bits per heavy atom. The lowest BCUT2D eigenvalue weighted by atomic mass is 9.85. The molecule has 0 aromatic carbocycles. The van der Waals surface area contributed by atoms with E-state index in [9.17, 15) is 4.39 Å². The fraction of sp³-hybridized carbons (Fsp3) is 0.882. The zero-order chi connectivity index (χ0) is 18.1. The van der Waals surface area contributed by atoms with Crippen LogP contribution in [0, 0.1) is 11.8 Å². The second kappa shape index (κ2) is 7.92. The zero-order valence-electron chi connectivity index (χ0n) is 15.0. The number of hydrogen-bond acceptors (Lipinski definition) is 5. The number of hydrogen-bond donors (Lipinski definition) is 1. The van der Waals surface area contributed by atoms with E-state index in [1.807, 2.05) is 26.8 Å². The summed E-state index contributed by atoms with van der Waals surface area (Å²) in [5.41, 5.74) is -0.278. The van der Waals surface area contributed by atoms with Crippen LogP contribution in [0.5, 0.6) is 0 Å². The van der Waals surface area contributed by atoms with Gasteiger partial charge in [-0.25, -0.2) is 8.70 Å². The Hall–Kier alpha value is 0.340. The zero-order valence-corrected chi connectivity index (χ0v) is 17.5. The average Bonchev–Trinajstić information content (AvgIpc) is 3.17.